The average Bonchev–Trinajstić information content (AvgIpc) is 3.25. The first-order valence-corrected chi connectivity index (χ1v) is 7.67. The molecule has 0 aromatic carbocycles. The van der Waals surface area contributed by atoms with Gasteiger partial charge in [-0.1, -0.05) is 0 Å². The van der Waals surface area contributed by atoms with Crippen molar-refractivity contribution < 1.29 is 18.0 Å². The molecule has 22 heavy (non-hydrogen) atoms. The van der Waals surface area contributed by atoms with Crippen LogP contribution in [0.15, 0.2) is 0 Å². The van der Waals surface area contributed by atoms with Gasteiger partial charge in [0.05, 0.1) is 6.04 Å². The Morgan fingerprint density at radius 3 is 2.32 bits per heavy atom. The molecule has 0 spiro atoms. The molecule has 8 heteroatoms. The molecule has 0 bridgehead atoms. The summed E-state index contributed by atoms with van der Waals surface area (Å²) in [5.41, 5.74) is 0. The van der Waals surface area contributed by atoms with Crippen LogP contribution in [-0.4, -0.2) is 55.2 Å². The summed E-state index contributed by atoms with van der Waals surface area (Å²) in [6.07, 6.45) is 0.187. The van der Waals surface area contributed by atoms with Crippen LogP contribution in [0.3, 0.4) is 0 Å². The summed E-state index contributed by atoms with van der Waals surface area (Å²) in [4.78, 5) is 13.7. The van der Waals surface area contributed by atoms with Crippen LogP contribution in [0.4, 0.5) is 13.2 Å². The summed E-state index contributed by atoms with van der Waals surface area (Å²) in [7, 11) is 0. The van der Waals surface area contributed by atoms with Crippen LogP contribution in [0.5, 0.6) is 0 Å². The second-order valence-electron chi connectivity index (χ2n) is 6.17. The fourth-order valence-corrected chi connectivity index (χ4v) is 2.65. The maximum absolute atomic E-state index is 12.1. The van der Waals surface area contributed by atoms with Gasteiger partial charge in [0.25, 0.3) is 0 Å². The molecule has 1 saturated heterocycles. The molecule has 1 atom stereocenters. The molecule has 1 heterocycles. The highest BCUT2D eigenvalue weighted by molar-refractivity contribution is 5.85. The molecule has 4 nitrogen and oxygen atoms in total. The van der Waals surface area contributed by atoms with Crippen LogP contribution in [0.2, 0.25) is 0 Å². The maximum Gasteiger partial charge on any atom is 0.405 e. The van der Waals surface area contributed by atoms with Crippen LogP contribution in [0, 0.1) is 5.92 Å². The van der Waals surface area contributed by atoms with Gasteiger partial charge in [0.15, 0.2) is 0 Å². The van der Waals surface area contributed by atoms with E-state index in [0.29, 0.717) is 6.04 Å². The van der Waals surface area contributed by atoms with E-state index < -0.39 is 24.7 Å². The van der Waals surface area contributed by atoms with Gasteiger partial charge in [0.2, 0.25) is 5.91 Å². The highest BCUT2D eigenvalue weighted by Crippen LogP contribution is 2.28. The van der Waals surface area contributed by atoms with E-state index in [1.807, 2.05) is 10.2 Å². The molecule has 0 radical (unpaired) electrons. The Morgan fingerprint density at radius 1 is 1.23 bits per heavy atom. The lowest BCUT2D eigenvalue weighted by Crippen LogP contribution is -2.52. The zero-order valence-corrected chi connectivity index (χ0v) is 13.6. The zero-order chi connectivity index (χ0) is 15.5. The van der Waals surface area contributed by atoms with Crippen LogP contribution in [0.1, 0.15) is 32.6 Å². The number of carbonyl (C=O) groups is 1. The van der Waals surface area contributed by atoms with Crippen molar-refractivity contribution in [1.82, 2.24) is 15.5 Å². The highest BCUT2D eigenvalue weighted by atomic mass is 35.5. The second kappa shape index (κ2) is 8.36. The number of carbonyl (C=O) groups excluding carboxylic acids is 1. The number of likely N-dealkylation sites (tertiary alicyclic amines) is 1. The molecule has 0 aromatic heterocycles. The molecule has 2 rings (SSSR count). The number of rotatable bonds is 6. The predicted octanol–water partition coefficient (Wildman–Crippen LogP) is 1.94. The Morgan fingerprint density at radius 2 is 1.82 bits per heavy atom. The first-order chi connectivity index (χ1) is 9.85. The van der Waals surface area contributed by atoms with E-state index in [-0.39, 0.29) is 12.4 Å². The van der Waals surface area contributed by atoms with E-state index in [9.17, 15) is 18.0 Å². The van der Waals surface area contributed by atoms with Gasteiger partial charge in [-0.2, -0.15) is 13.2 Å². The Kier molecular flexibility index (Phi) is 7.41. The molecule has 1 saturated carbocycles. The second-order valence-corrected chi connectivity index (χ2v) is 6.17. The van der Waals surface area contributed by atoms with Gasteiger partial charge in [-0.3, -0.25) is 9.69 Å². The topological polar surface area (TPSA) is 44.4 Å². The van der Waals surface area contributed by atoms with E-state index in [1.54, 1.807) is 6.92 Å². The molecule has 130 valence electrons. The van der Waals surface area contributed by atoms with E-state index in [1.165, 1.54) is 12.8 Å². The van der Waals surface area contributed by atoms with Gasteiger partial charge in [-0.15, -0.1) is 12.4 Å². The molecule has 1 unspecified atom stereocenters. The van der Waals surface area contributed by atoms with Crippen molar-refractivity contribution in [2.24, 2.45) is 5.92 Å². The number of hydrogen-bond acceptors (Lipinski definition) is 3. The smallest absolute Gasteiger partial charge is 0.346 e. The van der Waals surface area contributed by atoms with Gasteiger partial charge >= 0.3 is 6.18 Å². The third-order valence-corrected chi connectivity index (χ3v) is 4.31. The Hall–Kier alpha value is -0.530. The molecule has 1 amide bonds. The fourth-order valence-electron chi connectivity index (χ4n) is 2.65. The van der Waals surface area contributed by atoms with Crippen molar-refractivity contribution in [2.75, 3.05) is 26.2 Å². The third-order valence-electron chi connectivity index (χ3n) is 4.31. The van der Waals surface area contributed by atoms with Crippen LogP contribution >= 0.6 is 12.4 Å². The molecule has 1 aliphatic carbocycles. The molecule has 2 fully saturated rings. The summed E-state index contributed by atoms with van der Waals surface area (Å²) >= 11 is 0. The summed E-state index contributed by atoms with van der Waals surface area (Å²) in [6.45, 7) is 3.00. The summed E-state index contributed by atoms with van der Waals surface area (Å²) in [5, 5.41) is 5.50. The SMILES string of the molecule is CC(C(=O)NCC(F)(F)F)N1CCC(NCC2CC2)CC1.Cl. The van der Waals surface area contributed by atoms with Crippen LogP contribution in [-0.2, 0) is 4.79 Å². The first-order valence-electron chi connectivity index (χ1n) is 7.67. The van der Waals surface area contributed by atoms with Crippen LogP contribution < -0.4 is 10.6 Å². The largest absolute Gasteiger partial charge is 0.405 e. The minimum atomic E-state index is -4.35. The van der Waals surface area contributed by atoms with Gasteiger partial charge in [-0.25, -0.2) is 0 Å². The lowest BCUT2D eigenvalue weighted by Gasteiger charge is -2.35. The molecule has 1 aliphatic heterocycles. The van der Waals surface area contributed by atoms with Crippen molar-refractivity contribution in [3.63, 3.8) is 0 Å². The number of nitrogens with one attached hydrogen (secondary N) is 2. The number of piperidine rings is 1. The van der Waals surface area contributed by atoms with Crippen molar-refractivity contribution >= 4 is 18.3 Å². The number of amides is 1. The predicted molar refractivity (Wildman–Crippen MR) is 81.1 cm³/mol. The van der Waals surface area contributed by atoms with Crippen molar-refractivity contribution in [1.29, 1.82) is 0 Å². The Bertz CT molecular complexity index is 356. The Labute approximate surface area is 135 Å². The standard InChI is InChI=1S/C14H24F3N3O.ClH/c1-10(13(21)19-9-14(15,16)17)20-6-4-12(5-7-20)18-8-11-2-3-11;/h10-12,18H,2-9H2,1H3,(H,19,21);1H. The number of halogens is 4. The van der Waals surface area contributed by atoms with Gasteiger partial charge < -0.3 is 10.6 Å². The Balaban J connectivity index is 0.00000242. The molecule has 2 N–H and O–H groups in total. The van der Waals surface area contributed by atoms with Crippen LogP contribution in [0.25, 0.3) is 0 Å². The minimum absolute atomic E-state index is 0. The van der Waals surface area contributed by atoms with Gasteiger partial charge in [0.1, 0.15) is 6.54 Å². The number of alkyl halides is 3. The average molecular weight is 344 g/mol. The third kappa shape index (κ3) is 6.71. The summed E-state index contributed by atoms with van der Waals surface area (Å²) in [6, 6.07) is -0.0241. The number of nitrogens with zero attached hydrogens (tertiary/aromatic N) is 1. The van der Waals surface area contributed by atoms with E-state index >= 15 is 0 Å². The van der Waals surface area contributed by atoms with E-state index in [4.69, 9.17) is 0 Å². The molecule has 0 aromatic rings. The number of hydrogen-bond donors (Lipinski definition) is 2. The zero-order valence-electron chi connectivity index (χ0n) is 12.8. The van der Waals surface area contributed by atoms with Crippen molar-refractivity contribution in [2.45, 2.75) is 50.9 Å². The van der Waals surface area contributed by atoms with Gasteiger partial charge in [-0.05, 0) is 45.1 Å². The molecular formula is C14H25ClF3N3O. The first kappa shape index (κ1) is 19.5. The fraction of sp³-hybridized carbons (Fsp3) is 0.929. The molecule has 2 aliphatic rings. The van der Waals surface area contributed by atoms with Gasteiger partial charge in [0, 0.05) is 19.1 Å². The molecular weight excluding hydrogens is 319 g/mol. The van der Waals surface area contributed by atoms with Crippen molar-refractivity contribution in [3.05, 3.63) is 0 Å². The van der Waals surface area contributed by atoms with E-state index in [2.05, 4.69) is 5.32 Å². The van der Waals surface area contributed by atoms with E-state index in [0.717, 1.165) is 38.4 Å². The monoisotopic (exact) mass is 343 g/mol. The maximum atomic E-state index is 12.1. The summed E-state index contributed by atoms with van der Waals surface area (Å²) in [5.74, 6) is 0.298. The highest BCUT2D eigenvalue weighted by Gasteiger charge is 2.31. The minimum Gasteiger partial charge on any atom is -0.346 e. The summed E-state index contributed by atoms with van der Waals surface area (Å²) < 4.78 is 36.3. The normalized spacial score (nSPS) is 22.0. The lowest BCUT2D eigenvalue weighted by atomic mass is 10.0. The quantitative estimate of drug-likeness (QED) is 0.774. The van der Waals surface area contributed by atoms with Crippen molar-refractivity contribution in [3.8, 4) is 0 Å². The lowest BCUT2D eigenvalue weighted by molar-refractivity contribution is -0.141.